The number of hydrogen-bond acceptors (Lipinski definition) is 7. The summed E-state index contributed by atoms with van der Waals surface area (Å²) in [5.74, 6) is -0.635. The topological polar surface area (TPSA) is 112 Å². The third kappa shape index (κ3) is 4.27. The van der Waals surface area contributed by atoms with Gasteiger partial charge in [-0.3, -0.25) is 9.59 Å². The van der Waals surface area contributed by atoms with Crippen molar-refractivity contribution < 1.29 is 23.5 Å². The molecule has 2 N–H and O–H groups in total. The highest BCUT2D eigenvalue weighted by Crippen LogP contribution is 2.37. The van der Waals surface area contributed by atoms with E-state index in [1.165, 1.54) is 11.3 Å². The Bertz CT molecular complexity index is 1450. The van der Waals surface area contributed by atoms with Crippen LogP contribution in [0.4, 0.5) is 0 Å². The van der Waals surface area contributed by atoms with Crippen molar-refractivity contribution in [1.82, 2.24) is 4.98 Å². The van der Waals surface area contributed by atoms with E-state index in [0.29, 0.717) is 32.6 Å². The first kappa shape index (κ1) is 21.8. The number of pyridine rings is 1. The predicted molar refractivity (Wildman–Crippen MR) is 128 cm³/mol. The van der Waals surface area contributed by atoms with Crippen molar-refractivity contribution in [2.45, 2.75) is 19.3 Å². The Labute approximate surface area is 198 Å². The van der Waals surface area contributed by atoms with Crippen LogP contribution in [0.15, 0.2) is 59.2 Å². The summed E-state index contributed by atoms with van der Waals surface area (Å²) in [7, 11) is 0. The van der Waals surface area contributed by atoms with Crippen LogP contribution in [0.25, 0.3) is 22.6 Å². The monoisotopic (exact) mass is 472 g/mol. The SMILES string of the molecule is NC(=O)Cc1ccc(C(=O)COC(=O)c2c3c(nc4ccccc24)/C(=C/c2ccco2)CC3)s1. The number of rotatable bonds is 7. The summed E-state index contributed by atoms with van der Waals surface area (Å²) < 4.78 is 10.9. The van der Waals surface area contributed by atoms with Crippen LogP contribution in [0.2, 0.25) is 0 Å². The maximum absolute atomic E-state index is 13.2. The number of ether oxygens (including phenoxy) is 1. The first-order valence-electron chi connectivity index (χ1n) is 10.7. The van der Waals surface area contributed by atoms with Crippen molar-refractivity contribution in [3.05, 3.63) is 87.1 Å². The number of para-hydroxylation sites is 1. The average molecular weight is 473 g/mol. The molecular weight excluding hydrogens is 452 g/mol. The number of carbonyl (C=O) groups excluding carboxylic acids is 3. The van der Waals surface area contributed by atoms with Gasteiger partial charge in [-0.1, -0.05) is 18.2 Å². The molecule has 0 saturated carbocycles. The number of ketones is 1. The van der Waals surface area contributed by atoms with Gasteiger partial charge in [-0.15, -0.1) is 11.3 Å². The largest absolute Gasteiger partial charge is 0.465 e. The van der Waals surface area contributed by atoms with Crippen LogP contribution in [-0.2, 0) is 22.4 Å². The Kier molecular flexibility index (Phi) is 5.81. The number of esters is 1. The van der Waals surface area contributed by atoms with Crippen LogP contribution in [-0.4, -0.2) is 29.3 Å². The minimum Gasteiger partial charge on any atom is -0.465 e. The smallest absolute Gasteiger partial charge is 0.339 e. The lowest BCUT2D eigenvalue weighted by molar-refractivity contribution is -0.117. The van der Waals surface area contributed by atoms with Crippen molar-refractivity contribution in [3.8, 4) is 0 Å². The highest BCUT2D eigenvalue weighted by Gasteiger charge is 2.28. The number of nitrogens with zero attached hydrogens (tertiary/aromatic N) is 1. The highest BCUT2D eigenvalue weighted by molar-refractivity contribution is 7.14. The van der Waals surface area contributed by atoms with E-state index in [2.05, 4.69) is 0 Å². The van der Waals surface area contributed by atoms with E-state index < -0.39 is 18.5 Å². The van der Waals surface area contributed by atoms with Gasteiger partial charge in [0.1, 0.15) is 5.76 Å². The van der Waals surface area contributed by atoms with Gasteiger partial charge in [0, 0.05) is 10.3 Å². The van der Waals surface area contributed by atoms with E-state index in [1.807, 2.05) is 42.5 Å². The Morgan fingerprint density at radius 3 is 2.74 bits per heavy atom. The van der Waals surface area contributed by atoms with E-state index in [1.54, 1.807) is 18.4 Å². The van der Waals surface area contributed by atoms with Crippen LogP contribution in [0.1, 0.15) is 48.3 Å². The van der Waals surface area contributed by atoms with Crippen molar-refractivity contribution in [1.29, 1.82) is 0 Å². The molecule has 0 bridgehead atoms. The minimum atomic E-state index is -0.559. The Morgan fingerprint density at radius 1 is 1.09 bits per heavy atom. The molecule has 0 unspecified atom stereocenters. The Hall–Kier alpha value is -4.04. The van der Waals surface area contributed by atoms with Crippen LogP contribution >= 0.6 is 11.3 Å². The molecule has 0 saturated heterocycles. The third-order valence-corrected chi connectivity index (χ3v) is 6.75. The summed E-state index contributed by atoms with van der Waals surface area (Å²) in [4.78, 5) is 42.8. The minimum absolute atomic E-state index is 0.0702. The lowest BCUT2D eigenvalue weighted by Crippen LogP contribution is -2.16. The fraction of sp³-hybridized carbons (Fsp3) is 0.154. The van der Waals surface area contributed by atoms with Gasteiger partial charge in [-0.05, 0) is 60.4 Å². The standard InChI is InChI=1S/C26H20N2O5S/c27-23(30)13-17-8-10-22(34-17)21(29)14-33-26(31)24-18-5-1-2-6-20(18)28-25-15(7-9-19(24)25)12-16-4-3-11-32-16/h1-6,8,10-12H,7,9,13-14H2,(H2,27,30)/b15-12+. The van der Waals surface area contributed by atoms with Gasteiger partial charge in [-0.2, -0.15) is 0 Å². The molecule has 0 radical (unpaired) electrons. The molecule has 1 amide bonds. The summed E-state index contributed by atoms with van der Waals surface area (Å²) in [5, 5.41) is 0.692. The highest BCUT2D eigenvalue weighted by atomic mass is 32.1. The summed E-state index contributed by atoms with van der Waals surface area (Å²) >= 11 is 1.17. The molecule has 0 spiro atoms. The first-order valence-corrected chi connectivity index (χ1v) is 11.5. The maximum atomic E-state index is 13.2. The fourth-order valence-corrected chi connectivity index (χ4v) is 5.07. The number of hydrogen-bond donors (Lipinski definition) is 1. The maximum Gasteiger partial charge on any atom is 0.339 e. The predicted octanol–water partition coefficient (Wildman–Crippen LogP) is 4.44. The van der Waals surface area contributed by atoms with Crippen molar-refractivity contribution >= 4 is 51.5 Å². The molecule has 0 atom stereocenters. The molecule has 0 fully saturated rings. The number of nitrogens with two attached hydrogens (primary N) is 1. The molecule has 1 aliphatic carbocycles. The van der Waals surface area contributed by atoms with Gasteiger partial charge in [-0.25, -0.2) is 9.78 Å². The molecule has 7 nitrogen and oxygen atoms in total. The molecule has 34 heavy (non-hydrogen) atoms. The number of amides is 1. The van der Waals surface area contributed by atoms with Crippen LogP contribution in [0.5, 0.6) is 0 Å². The molecule has 4 aromatic rings. The fourth-order valence-electron chi connectivity index (χ4n) is 4.13. The number of benzene rings is 1. The number of thiophene rings is 1. The van der Waals surface area contributed by atoms with Gasteiger partial charge in [0.05, 0.1) is 34.3 Å². The molecule has 1 aromatic carbocycles. The second-order valence-electron chi connectivity index (χ2n) is 7.92. The summed E-state index contributed by atoms with van der Waals surface area (Å²) in [6, 6.07) is 14.4. The molecule has 0 aliphatic heterocycles. The number of allylic oxidation sites excluding steroid dienone is 1. The average Bonchev–Trinajstić information content (AvgIpc) is 3.58. The summed E-state index contributed by atoms with van der Waals surface area (Å²) in [6.45, 7) is -0.393. The zero-order chi connectivity index (χ0) is 23.7. The normalized spacial score (nSPS) is 13.8. The summed E-state index contributed by atoms with van der Waals surface area (Å²) in [5.41, 5.74) is 8.89. The van der Waals surface area contributed by atoms with Crippen LogP contribution < -0.4 is 5.73 Å². The molecule has 3 aromatic heterocycles. The molecule has 5 rings (SSSR count). The molecule has 170 valence electrons. The van der Waals surface area contributed by atoms with Crippen LogP contribution in [0, 0.1) is 0 Å². The third-order valence-electron chi connectivity index (χ3n) is 5.62. The number of furan rings is 1. The van der Waals surface area contributed by atoms with Gasteiger partial charge in [0.25, 0.3) is 0 Å². The molecule has 3 heterocycles. The quantitative estimate of drug-likeness (QED) is 0.314. The van der Waals surface area contributed by atoms with Gasteiger partial charge < -0.3 is 14.9 Å². The number of carbonyl (C=O) groups is 3. The van der Waals surface area contributed by atoms with E-state index in [-0.39, 0.29) is 12.2 Å². The second-order valence-corrected chi connectivity index (χ2v) is 9.09. The molecule has 1 aliphatic rings. The molecular formula is C26H20N2O5S. The van der Waals surface area contributed by atoms with Crippen molar-refractivity contribution in [2.75, 3.05) is 6.61 Å². The second kappa shape index (κ2) is 9.07. The number of primary amides is 1. The van der Waals surface area contributed by atoms with Crippen molar-refractivity contribution in [2.24, 2.45) is 5.73 Å². The number of aromatic nitrogens is 1. The number of fused-ring (bicyclic) bond motifs is 2. The van der Waals surface area contributed by atoms with Crippen molar-refractivity contribution in [3.63, 3.8) is 0 Å². The number of Topliss-reactive ketones (excluding diaryl/α,β-unsaturated/α-hetero) is 1. The first-order chi connectivity index (χ1) is 16.5. The lowest BCUT2D eigenvalue weighted by Gasteiger charge is -2.12. The molecule has 8 heteroatoms. The van der Waals surface area contributed by atoms with Gasteiger partial charge in [0.15, 0.2) is 6.61 Å². The Balaban J connectivity index is 1.43. The van der Waals surface area contributed by atoms with E-state index in [4.69, 9.17) is 19.9 Å². The Morgan fingerprint density at radius 2 is 1.94 bits per heavy atom. The van der Waals surface area contributed by atoms with Crippen LogP contribution in [0.3, 0.4) is 0 Å². The zero-order valence-electron chi connectivity index (χ0n) is 18.1. The van der Waals surface area contributed by atoms with Gasteiger partial charge in [0.2, 0.25) is 11.7 Å². The summed E-state index contributed by atoms with van der Waals surface area (Å²) in [6.07, 6.45) is 4.98. The van der Waals surface area contributed by atoms with E-state index in [9.17, 15) is 14.4 Å². The van der Waals surface area contributed by atoms with E-state index >= 15 is 0 Å². The lowest BCUT2D eigenvalue weighted by atomic mass is 10.0. The van der Waals surface area contributed by atoms with Gasteiger partial charge >= 0.3 is 5.97 Å². The zero-order valence-corrected chi connectivity index (χ0v) is 18.9. The van der Waals surface area contributed by atoms with E-state index in [0.717, 1.165) is 29.0 Å².